The van der Waals surface area contributed by atoms with Crippen LogP contribution in [0.1, 0.15) is 43.7 Å². The zero-order valence-corrected chi connectivity index (χ0v) is 15.5. The monoisotopic (exact) mass is 368 g/mol. The Morgan fingerprint density at radius 2 is 1.92 bits per heavy atom. The molecule has 1 aliphatic rings. The lowest BCUT2D eigenvalue weighted by molar-refractivity contribution is -0.121. The molecule has 1 fully saturated rings. The zero-order chi connectivity index (χ0) is 18.6. The number of halogens is 1. The lowest BCUT2D eigenvalue weighted by Gasteiger charge is -2.28. The summed E-state index contributed by atoms with van der Waals surface area (Å²) >= 11 is 6.00. The maximum Gasteiger partial charge on any atom is 0.235 e. The summed E-state index contributed by atoms with van der Waals surface area (Å²) in [4.78, 5) is 13.2. The predicted octanol–water partition coefficient (Wildman–Crippen LogP) is 5.06. The highest BCUT2D eigenvalue weighted by atomic mass is 35.5. The second kappa shape index (κ2) is 7.80. The van der Waals surface area contributed by atoms with Crippen molar-refractivity contribution >= 4 is 23.2 Å². The molecule has 1 amide bonds. The first-order valence-electron chi connectivity index (χ1n) is 8.83. The molecule has 4 nitrogen and oxygen atoms in total. The standard InChI is InChI=1S/C21H21ClN2O2/c1-2-26-19-10-9-18(13-15(19)14-23)24-20(25)21(11-3-4-12-21)16-5-7-17(22)8-6-16/h5-10,13H,2-4,11-12H2,1H3,(H,24,25). The Morgan fingerprint density at radius 1 is 1.23 bits per heavy atom. The molecule has 3 rings (SSSR count). The number of amides is 1. The molecule has 0 aliphatic heterocycles. The molecule has 1 saturated carbocycles. The van der Waals surface area contributed by atoms with E-state index in [0.717, 1.165) is 31.2 Å². The summed E-state index contributed by atoms with van der Waals surface area (Å²) in [5, 5.41) is 13.0. The highest BCUT2D eigenvalue weighted by Gasteiger charge is 2.42. The second-order valence-corrected chi connectivity index (χ2v) is 6.94. The Balaban J connectivity index is 1.87. The van der Waals surface area contributed by atoms with Crippen LogP contribution in [0.15, 0.2) is 42.5 Å². The normalized spacial score (nSPS) is 15.3. The van der Waals surface area contributed by atoms with Crippen LogP contribution in [0.2, 0.25) is 5.02 Å². The van der Waals surface area contributed by atoms with E-state index in [0.29, 0.717) is 28.6 Å². The molecular weight excluding hydrogens is 348 g/mol. The van der Waals surface area contributed by atoms with Crippen LogP contribution < -0.4 is 10.1 Å². The van der Waals surface area contributed by atoms with Gasteiger partial charge in [0.05, 0.1) is 17.6 Å². The number of nitriles is 1. The zero-order valence-electron chi connectivity index (χ0n) is 14.7. The Kier molecular flexibility index (Phi) is 5.49. The van der Waals surface area contributed by atoms with Crippen LogP contribution in [0, 0.1) is 11.3 Å². The summed E-state index contributed by atoms with van der Waals surface area (Å²) in [5.41, 5.74) is 1.46. The highest BCUT2D eigenvalue weighted by molar-refractivity contribution is 6.30. The Labute approximate surface area is 158 Å². The minimum absolute atomic E-state index is 0.0367. The topological polar surface area (TPSA) is 62.1 Å². The molecule has 1 N–H and O–H groups in total. The number of nitrogens with one attached hydrogen (secondary N) is 1. The maximum atomic E-state index is 13.2. The van der Waals surface area contributed by atoms with Crippen LogP contribution in [0.5, 0.6) is 5.75 Å². The van der Waals surface area contributed by atoms with Crippen molar-refractivity contribution in [1.82, 2.24) is 0 Å². The van der Waals surface area contributed by atoms with Gasteiger partial charge in [0.25, 0.3) is 0 Å². The first-order valence-corrected chi connectivity index (χ1v) is 9.21. The van der Waals surface area contributed by atoms with Crippen molar-refractivity contribution in [3.8, 4) is 11.8 Å². The van der Waals surface area contributed by atoms with Gasteiger partial charge in [-0.3, -0.25) is 4.79 Å². The summed E-state index contributed by atoms with van der Waals surface area (Å²) in [7, 11) is 0. The number of ether oxygens (including phenoxy) is 1. The molecule has 0 spiro atoms. The molecule has 26 heavy (non-hydrogen) atoms. The highest BCUT2D eigenvalue weighted by Crippen LogP contribution is 2.42. The second-order valence-electron chi connectivity index (χ2n) is 6.51. The molecule has 0 atom stereocenters. The van der Waals surface area contributed by atoms with E-state index in [9.17, 15) is 10.1 Å². The van der Waals surface area contributed by atoms with Crippen LogP contribution in [0.4, 0.5) is 5.69 Å². The van der Waals surface area contributed by atoms with Crippen LogP contribution in [0.25, 0.3) is 0 Å². The van der Waals surface area contributed by atoms with Crippen LogP contribution in [-0.2, 0) is 10.2 Å². The molecule has 0 bridgehead atoms. The fraction of sp³-hybridized carbons (Fsp3) is 0.333. The Hall–Kier alpha value is -2.51. The van der Waals surface area contributed by atoms with Gasteiger partial charge in [-0.15, -0.1) is 0 Å². The van der Waals surface area contributed by atoms with Crippen molar-refractivity contribution in [3.63, 3.8) is 0 Å². The Bertz CT molecular complexity index is 834. The molecule has 0 aromatic heterocycles. The number of hydrogen-bond donors (Lipinski definition) is 1. The van der Waals surface area contributed by atoms with Gasteiger partial charge in [-0.05, 0) is 55.7 Å². The molecule has 2 aromatic carbocycles. The summed E-state index contributed by atoms with van der Waals surface area (Å²) in [6, 6.07) is 14.8. The van der Waals surface area contributed by atoms with Gasteiger partial charge in [-0.1, -0.05) is 36.6 Å². The molecule has 134 valence electrons. The minimum Gasteiger partial charge on any atom is -0.492 e. The van der Waals surface area contributed by atoms with Gasteiger partial charge < -0.3 is 10.1 Å². The quantitative estimate of drug-likeness (QED) is 0.802. The number of nitrogens with zero attached hydrogens (tertiary/aromatic N) is 1. The van der Waals surface area contributed by atoms with Gasteiger partial charge in [0.1, 0.15) is 11.8 Å². The van der Waals surface area contributed by atoms with Gasteiger partial charge in [0.15, 0.2) is 0 Å². The van der Waals surface area contributed by atoms with Gasteiger partial charge >= 0.3 is 0 Å². The van der Waals surface area contributed by atoms with Crippen LogP contribution in [0.3, 0.4) is 0 Å². The van der Waals surface area contributed by atoms with Gasteiger partial charge in [-0.2, -0.15) is 5.26 Å². The van der Waals surface area contributed by atoms with Crippen LogP contribution in [-0.4, -0.2) is 12.5 Å². The van der Waals surface area contributed by atoms with Crippen molar-refractivity contribution in [1.29, 1.82) is 5.26 Å². The number of rotatable bonds is 5. The number of anilines is 1. The van der Waals surface area contributed by atoms with Crippen molar-refractivity contribution in [3.05, 3.63) is 58.6 Å². The predicted molar refractivity (Wildman–Crippen MR) is 103 cm³/mol. The van der Waals surface area contributed by atoms with E-state index in [1.54, 1.807) is 18.2 Å². The fourth-order valence-electron chi connectivity index (χ4n) is 3.62. The van der Waals surface area contributed by atoms with Crippen molar-refractivity contribution in [2.45, 2.75) is 38.0 Å². The van der Waals surface area contributed by atoms with E-state index in [4.69, 9.17) is 16.3 Å². The van der Waals surface area contributed by atoms with Crippen molar-refractivity contribution in [2.75, 3.05) is 11.9 Å². The van der Waals surface area contributed by atoms with Crippen molar-refractivity contribution in [2.24, 2.45) is 0 Å². The summed E-state index contributed by atoms with van der Waals surface area (Å²) in [5.74, 6) is 0.492. The fourth-order valence-corrected chi connectivity index (χ4v) is 3.75. The van der Waals surface area contributed by atoms with Gasteiger partial charge in [-0.25, -0.2) is 0 Å². The number of hydrogen-bond acceptors (Lipinski definition) is 3. The smallest absolute Gasteiger partial charge is 0.235 e. The third-order valence-electron chi connectivity index (χ3n) is 4.95. The number of benzene rings is 2. The molecule has 0 saturated heterocycles. The Morgan fingerprint density at radius 3 is 2.54 bits per heavy atom. The molecular formula is C21H21ClN2O2. The molecule has 2 aromatic rings. The van der Waals surface area contributed by atoms with E-state index in [1.807, 2.05) is 31.2 Å². The third kappa shape index (κ3) is 3.54. The van der Waals surface area contributed by atoms with E-state index < -0.39 is 5.41 Å². The van der Waals surface area contributed by atoms with E-state index in [2.05, 4.69) is 11.4 Å². The maximum absolute atomic E-state index is 13.2. The SMILES string of the molecule is CCOc1ccc(NC(=O)C2(c3ccc(Cl)cc3)CCCC2)cc1C#N. The average molecular weight is 369 g/mol. The largest absolute Gasteiger partial charge is 0.492 e. The lowest BCUT2D eigenvalue weighted by Crippen LogP contribution is -2.38. The molecule has 1 aliphatic carbocycles. The first kappa shape index (κ1) is 18.3. The van der Waals surface area contributed by atoms with Gasteiger partial charge in [0, 0.05) is 10.7 Å². The number of carbonyl (C=O) groups excluding carboxylic acids is 1. The molecule has 0 unspecified atom stereocenters. The molecule has 0 heterocycles. The summed E-state index contributed by atoms with van der Waals surface area (Å²) in [6.07, 6.45) is 3.65. The summed E-state index contributed by atoms with van der Waals surface area (Å²) < 4.78 is 5.44. The average Bonchev–Trinajstić information content (AvgIpc) is 3.15. The minimum atomic E-state index is -0.546. The van der Waals surface area contributed by atoms with Crippen molar-refractivity contribution < 1.29 is 9.53 Å². The number of carbonyl (C=O) groups is 1. The van der Waals surface area contributed by atoms with E-state index in [-0.39, 0.29) is 5.91 Å². The first-order chi connectivity index (χ1) is 12.6. The summed E-state index contributed by atoms with van der Waals surface area (Å²) in [6.45, 7) is 2.35. The molecule has 5 heteroatoms. The van der Waals surface area contributed by atoms with E-state index >= 15 is 0 Å². The molecule has 0 radical (unpaired) electrons. The van der Waals surface area contributed by atoms with Crippen LogP contribution >= 0.6 is 11.6 Å². The van der Waals surface area contributed by atoms with E-state index in [1.165, 1.54) is 0 Å². The lowest BCUT2D eigenvalue weighted by atomic mass is 9.78. The third-order valence-corrected chi connectivity index (χ3v) is 5.20. The van der Waals surface area contributed by atoms with Gasteiger partial charge in [0.2, 0.25) is 5.91 Å².